The third-order valence-corrected chi connectivity index (χ3v) is 6.28. The SMILES string of the molecule is CCOCCNc1cc(NC(C)=O)c(N=Nc2sc(N(C(C)C)C(C)C)n[n+]2C)cc1OC.COS(=O)(=O)[O-]. The number of carbonyl (C=O) groups is 1. The van der Waals surface area contributed by atoms with Gasteiger partial charge in [0.15, 0.2) is 0 Å². The molecule has 2 rings (SSSR count). The van der Waals surface area contributed by atoms with Gasteiger partial charge in [0.2, 0.25) is 21.4 Å². The van der Waals surface area contributed by atoms with Crippen LogP contribution in [0.15, 0.2) is 22.4 Å². The van der Waals surface area contributed by atoms with E-state index in [1.165, 1.54) is 18.3 Å². The first kappa shape index (κ1) is 34.1. The third kappa shape index (κ3) is 11.8. The standard InChI is InChI=1S/C22H35N7O3S.CH4O4S/c1-9-32-11-10-23-19-12-17(24-16(6)30)18(13-20(19)31-8)25-26-21-28(7)27-22(33-21)29(14(2)3)15(4)5;1-5-6(2,3)4/h12-15H,9-11H2,1-8H3,(H,23,24,30);1H3,(H,2,3,4). The van der Waals surface area contributed by atoms with E-state index in [1.807, 2.05) is 14.0 Å². The maximum Gasteiger partial charge on any atom is 0.431 e. The van der Waals surface area contributed by atoms with Crippen LogP contribution in [0.1, 0.15) is 41.5 Å². The first-order valence-corrected chi connectivity index (χ1v) is 14.3. The smallest absolute Gasteiger partial charge is 0.431 e. The quantitative estimate of drug-likeness (QED) is 0.116. The number of benzene rings is 1. The number of aromatic nitrogens is 2. The van der Waals surface area contributed by atoms with Gasteiger partial charge in [0.05, 0.1) is 37.3 Å². The highest BCUT2D eigenvalue weighted by molar-refractivity contribution is 7.80. The van der Waals surface area contributed by atoms with E-state index in [9.17, 15) is 17.8 Å². The average molecular weight is 590 g/mol. The Balaban J connectivity index is 0.00000113. The molecule has 220 valence electrons. The Morgan fingerprint density at radius 2 is 1.79 bits per heavy atom. The molecule has 39 heavy (non-hydrogen) atoms. The molecule has 0 saturated carbocycles. The van der Waals surface area contributed by atoms with E-state index in [-0.39, 0.29) is 5.91 Å². The lowest BCUT2D eigenvalue weighted by Gasteiger charge is -2.28. The number of ether oxygens (including phenoxy) is 2. The molecule has 1 heterocycles. The molecule has 0 radical (unpaired) electrons. The van der Waals surface area contributed by atoms with Crippen molar-refractivity contribution < 1.29 is 36.1 Å². The summed E-state index contributed by atoms with van der Waals surface area (Å²) in [5.41, 5.74) is 1.75. The zero-order valence-corrected chi connectivity index (χ0v) is 25.5. The number of nitrogens with one attached hydrogen (secondary N) is 2. The summed E-state index contributed by atoms with van der Waals surface area (Å²) in [7, 11) is -0.176. The predicted octanol–water partition coefficient (Wildman–Crippen LogP) is 3.51. The van der Waals surface area contributed by atoms with Crippen molar-refractivity contribution in [2.45, 2.75) is 53.6 Å². The lowest BCUT2D eigenvalue weighted by molar-refractivity contribution is -0.712. The monoisotopic (exact) mass is 589 g/mol. The summed E-state index contributed by atoms with van der Waals surface area (Å²) < 4.78 is 43.6. The van der Waals surface area contributed by atoms with Gasteiger partial charge >= 0.3 is 5.13 Å². The fraction of sp³-hybridized carbons (Fsp3) is 0.609. The van der Waals surface area contributed by atoms with E-state index in [0.29, 0.717) is 54.1 Å². The van der Waals surface area contributed by atoms with Crippen LogP contribution in [0.25, 0.3) is 0 Å². The molecule has 0 aliphatic carbocycles. The largest absolute Gasteiger partial charge is 0.726 e. The van der Waals surface area contributed by atoms with Crippen molar-refractivity contribution in [3.8, 4) is 5.75 Å². The van der Waals surface area contributed by atoms with Gasteiger partial charge in [-0.1, -0.05) is 5.10 Å². The number of rotatable bonds is 13. The van der Waals surface area contributed by atoms with Crippen LogP contribution in [0.4, 0.5) is 27.3 Å². The second-order valence-electron chi connectivity index (χ2n) is 8.54. The highest BCUT2D eigenvalue weighted by Crippen LogP contribution is 2.38. The number of hydrogen-bond donors (Lipinski definition) is 2. The van der Waals surface area contributed by atoms with Crippen LogP contribution in [-0.2, 0) is 31.2 Å². The Bertz CT molecular complexity index is 1190. The molecule has 14 nitrogen and oxygen atoms in total. The van der Waals surface area contributed by atoms with Gasteiger partial charge in [-0.3, -0.25) is 8.98 Å². The van der Waals surface area contributed by atoms with Crippen LogP contribution in [0.2, 0.25) is 0 Å². The van der Waals surface area contributed by atoms with Crippen molar-refractivity contribution in [2.24, 2.45) is 17.3 Å². The summed E-state index contributed by atoms with van der Waals surface area (Å²) in [6.45, 7) is 13.8. The van der Waals surface area contributed by atoms with E-state index in [0.717, 1.165) is 17.9 Å². The molecule has 0 bridgehead atoms. The topological polar surface area (TPSA) is 171 Å². The second-order valence-corrected chi connectivity index (χ2v) is 10.6. The molecule has 1 amide bonds. The molecule has 0 spiro atoms. The zero-order valence-electron chi connectivity index (χ0n) is 23.8. The van der Waals surface area contributed by atoms with Crippen molar-refractivity contribution in [2.75, 3.05) is 49.5 Å². The molecule has 2 aromatic rings. The van der Waals surface area contributed by atoms with E-state index >= 15 is 0 Å². The van der Waals surface area contributed by atoms with E-state index in [1.54, 1.807) is 23.9 Å². The van der Waals surface area contributed by atoms with Crippen LogP contribution in [0.5, 0.6) is 5.75 Å². The van der Waals surface area contributed by atoms with Crippen molar-refractivity contribution in [3.63, 3.8) is 0 Å². The molecular formula is C23H39N7O7S2. The second kappa shape index (κ2) is 16.2. The molecule has 0 fully saturated rings. The third-order valence-electron chi connectivity index (χ3n) is 4.87. The minimum Gasteiger partial charge on any atom is -0.726 e. The summed E-state index contributed by atoms with van der Waals surface area (Å²) in [5, 5.41) is 21.1. The van der Waals surface area contributed by atoms with Crippen molar-refractivity contribution in [3.05, 3.63) is 12.1 Å². The predicted molar refractivity (Wildman–Crippen MR) is 149 cm³/mol. The van der Waals surface area contributed by atoms with Crippen molar-refractivity contribution in [1.29, 1.82) is 0 Å². The molecule has 0 aliphatic heterocycles. The lowest BCUT2D eigenvalue weighted by Crippen LogP contribution is -2.39. The summed E-state index contributed by atoms with van der Waals surface area (Å²) in [4.78, 5) is 14.0. The summed E-state index contributed by atoms with van der Waals surface area (Å²) in [5.74, 6) is 0.390. The highest BCUT2D eigenvalue weighted by atomic mass is 32.3. The number of amides is 1. The van der Waals surface area contributed by atoms with Gasteiger partial charge in [0.25, 0.3) is 0 Å². The maximum absolute atomic E-state index is 11.8. The summed E-state index contributed by atoms with van der Waals surface area (Å²) in [6, 6.07) is 4.14. The first-order valence-electron chi connectivity index (χ1n) is 12.1. The molecule has 2 N–H and O–H groups in total. The number of methoxy groups -OCH3 is 1. The normalized spacial score (nSPS) is 11.5. The Kier molecular flexibility index (Phi) is 14.2. The van der Waals surface area contributed by atoms with Crippen LogP contribution in [0, 0.1) is 0 Å². The van der Waals surface area contributed by atoms with Gasteiger partial charge in [-0.25, -0.2) is 8.42 Å². The van der Waals surface area contributed by atoms with Gasteiger partial charge in [0.1, 0.15) is 18.5 Å². The van der Waals surface area contributed by atoms with Crippen LogP contribution < -0.4 is 25.0 Å². The van der Waals surface area contributed by atoms with Crippen LogP contribution in [-0.4, -0.2) is 70.0 Å². The van der Waals surface area contributed by atoms with Crippen molar-refractivity contribution in [1.82, 2.24) is 5.10 Å². The van der Waals surface area contributed by atoms with Gasteiger partial charge in [-0.05, 0) is 57.1 Å². The van der Waals surface area contributed by atoms with Crippen LogP contribution in [0.3, 0.4) is 0 Å². The number of nitrogens with zero attached hydrogens (tertiary/aromatic N) is 5. The van der Waals surface area contributed by atoms with Crippen molar-refractivity contribution >= 4 is 55.0 Å². The molecule has 0 atom stereocenters. The molecule has 16 heteroatoms. The molecular weight excluding hydrogens is 550 g/mol. The first-order chi connectivity index (χ1) is 18.2. The molecule has 0 aliphatic rings. The van der Waals surface area contributed by atoms with E-state index in [4.69, 9.17) is 9.47 Å². The maximum atomic E-state index is 11.8. The van der Waals surface area contributed by atoms with Gasteiger partial charge in [-0.15, -0.1) is 4.68 Å². The Morgan fingerprint density at radius 3 is 2.28 bits per heavy atom. The lowest BCUT2D eigenvalue weighted by atomic mass is 10.2. The minimum absolute atomic E-state index is 0.202. The highest BCUT2D eigenvalue weighted by Gasteiger charge is 2.24. The van der Waals surface area contributed by atoms with E-state index < -0.39 is 10.4 Å². The van der Waals surface area contributed by atoms with Crippen LogP contribution >= 0.6 is 11.3 Å². The molecule has 0 saturated heterocycles. The van der Waals surface area contributed by atoms with E-state index in [2.05, 4.69) is 62.7 Å². The Labute approximate surface area is 234 Å². The minimum atomic E-state index is -4.41. The molecule has 1 aromatic carbocycles. The number of anilines is 3. The summed E-state index contributed by atoms with van der Waals surface area (Å²) >= 11 is 1.46. The number of aryl methyl sites for hydroxylation is 1. The number of azo groups is 1. The molecule has 1 aromatic heterocycles. The zero-order chi connectivity index (χ0) is 29.8. The van der Waals surface area contributed by atoms with Gasteiger partial charge in [-0.2, -0.15) is 0 Å². The number of carbonyl (C=O) groups excluding carboxylic acids is 1. The summed E-state index contributed by atoms with van der Waals surface area (Å²) in [6.07, 6.45) is 0. The molecule has 0 unspecified atom stereocenters. The van der Waals surface area contributed by atoms with Gasteiger partial charge < -0.3 is 29.6 Å². The van der Waals surface area contributed by atoms with Gasteiger partial charge in [0, 0.05) is 38.2 Å². The number of hydrogen-bond acceptors (Lipinski definition) is 13. The Hall–Kier alpha value is -2.92. The average Bonchev–Trinajstić information content (AvgIpc) is 3.19. The fourth-order valence-corrected chi connectivity index (χ4v) is 4.42. The Morgan fingerprint density at radius 1 is 1.18 bits per heavy atom. The fourth-order valence-electron chi connectivity index (χ4n) is 3.31.